The number of amides is 1. The van der Waals surface area contributed by atoms with Crippen LogP contribution in [0.2, 0.25) is 0 Å². The van der Waals surface area contributed by atoms with Gasteiger partial charge < -0.3 is 15.0 Å². The van der Waals surface area contributed by atoms with Gasteiger partial charge in [0.25, 0.3) is 5.91 Å². The molecule has 4 N–H and O–H groups in total. The van der Waals surface area contributed by atoms with Gasteiger partial charge >= 0.3 is 0 Å². The van der Waals surface area contributed by atoms with Gasteiger partial charge in [-0.15, -0.1) is 11.3 Å². The number of nitrogen functional groups attached to an aromatic ring is 1. The van der Waals surface area contributed by atoms with Crippen molar-refractivity contribution in [2.24, 2.45) is 12.8 Å². The van der Waals surface area contributed by atoms with Crippen molar-refractivity contribution in [3.05, 3.63) is 89.3 Å². The number of ether oxygens (including phenoxy) is 1. The van der Waals surface area contributed by atoms with Gasteiger partial charge in [-0.05, 0) is 30.3 Å². The molecule has 8 heteroatoms. The Labute approximate surface area is 193 Å². The Morgan fingerprint density at radius 2 is 1.85 bits per heavy atom. The van der Waals surface area contributed by atoms with E-state index in [9.17, 15) is 4.79 Å². The molecule has 33 heavy (non-hydrogen) atoms. The number of anilines is 1. The number of carbonyl (C=O) groups is 1. The average Bonchev–Trinajstić information content (AvgIpc) is 3.40. The molecule has 1 atom stereocenters. The van der Waals surface area contributed by atoms with E-state index in [1.54, 1.807) is 0 Å². The molecule has 0 saturated carbocycles. The lowest BCUT2D eigenvalue weighted by molar-refractivity contribution is -0.123. The number of nitrogens with two attached hydrogens (primary N) is 1. The van der Waals surface area contributed by atoms with Gasteiger partial charge in [0.2, 0.25) is 12.1 Å². The van der Waals surface area contributed by atoms with Gasteiger partial charge in [0.05, 0.1) is 15.9 Å². The molecule has 0 aliphatic heterocycles. The fourth-order valence-electron chi connectivity index (χ4n) is 3.73. The van der Waals surface area contributed by atoms with Crippen molar-refractivity contribution in [3.63, 3.8) is 0 Å². The van der Waals surface area contributed by atoms with E-state index in [-0.39, 0.29) is 11.7 Å². The average molecular weight is 456 g/mol. The van der Waals surface area contributed by atoms with Crippen molar-refractivity contribution < 1.29 is 9.53 Å². The van der Waals surface area contributed by atoms with Crippen molar-refractivity contribution >= 4 is 50.1 Å². The molecular formula is C25H21N5O2S. The van der Waals surface area contributed by atoms with Crippen LogP contribution in [0.3, 0.4) is 0 Å². The van der Waals surface area contributed by atoms with E-state index >= 15 is 0 Å². The van der Waals surface area contributed by atoms with Crippen LogP contribution >= 0.6 is 11.3 Å². The van der Waals surface area contributed by atoms with Crippen LogP contribution in [0.15, 0.2) is 78.9 Å². The second-order valence-electron chi connectivity index (χ2n) is 7.57. The van der Waals surface area contributed by atoms with Gasteiger partial charge in [-0.2, -0.15) is 0 Å². The molecule has 2 aromatic heterocycles. The molecule has 1 amide bonds. The van der Waals surface area contributed by atoms with E-state index in [4.69, 9.17) is 15.9 Å². The van der Waals surface area contributed by atoms with E-state index in [0.29, 0.717) is 22.1 Å². The van der Waals surface area contributed by atoms with Gasteiger partial charge in [0.1, 0.15) is 11.6 Å². The topological polar surface area (TPSA) is 106 Å². The maximum atomic E-state index is 13.5. The minimum atomic E-state index is -0.905. The standard InChI is InChI=1S/C25H21N5O2S/c1-30-18-11-6-5-10-17(18)28-25(30)29-24(31)22(15-8-3-2-4-9-15)32-19-12-7-13-20-16(19)14-21(33-20)23(26)27/h2-14,22H,1H3,(H3,26,27)(H,28,29,31). The van der Waals surface area contributed by atoms with Crippen LogP contribution in [-0.2, 0) is 11.8 Å². The number of fused-ring (bicyclic) bond motifs is 2. The van der Waals surface area contributed by atoms with Crippen LogP contribution < -0.4 is 15.8 Å². The van der Waals surface area contributed by atoms with Gasteiger partial charge in [-0.3, -0.25) is 15.5 Å². The Morgan fingerprint density at radius 1 is 1.09 bits per heavy atom. The van der Waals surface area contributed by atoms with E-state index in [2.05, 4.69) is 10.3 Å². The number of carbonyl (C=O) groups excluding carboxylic acids is 1. The lowest BCUT2D eigenvalue weighted by atomic mass is 10.1. The molecule has 1 unspecified atom stereocenters. The Morgan fingerprint density at radius 3 is 2.61 bits per heavy atom. The number of hydrogen-bond donors (Lipinski definition) is 3. The zero-order valence-electron chi connectivity index (χ0n) is 17.8. The Hall–Kier alpha value is -4.17. The smallest absolute Gasteiger partial charge is 0.272 e. The summed E-state index contributed by atoms with van der Waals surface area (Å²) in [5, 5.41) is 11.5. The minimum Gasteiger partial charge on any atom is -0.475 e. The summed E-state index contributed by atoms with van der Waals surface area (Å²) in [7, 11) is 1.86. The van der Waals surface area contributed by atoms with Crippen LogP contribution in [-0.4, -0.2) is 21.3 Å². The number of benzene rings is 3. The molecule has 0 bridgehead atoms. The van der Waals surface area contributed by atoms with E-state index in [1.165, 1.54) is 11.3 Å². The van der Waals surface area contributed by atoms with Crippen molar-refractivity contribution in [2.75, 3.05) is 5.32 Å². The predicted octanol–water partition coefficient (Wildman–Crippen LogP) is 4.83. The lowest BCUT2D eigenvalue weighted by Gasteiger charge is -2.19. The van der Waals surface area contributed by atoms with Crippen LogP contribution in [0.4, 0.5) is 5.95 Å². The maximum absolute atomic E-state index is 13.5. The largest absolute Gasteiger partial charge is 0.475 e. The third kappa shape index (κ3) is 3.92. The van der Waals surface area contributed by atoms with E-state index in [0.717, 1.165) is 21.1 Å². The number of amidine groups is 1. The molecule has 7 nitrogen and oxygen atoms in total. The SMILES string of the molecule is Cn1c(NC(=O)C(Oc2cccc3sc(C(=N)N)cc23)c2ccccc2)nc2ccccc21. The number of hydrogen-bond acceptors (Lipinski definition) is 5. The van der Waals surface area contributed by atoms with Gasteiger partial charge in [0.15, 0.2) is 0 Å². The number of nitrogens with one attached hydrogen (secondary N) is 2. The van der Waals surface area contributed by atoms with E-state index < -0.39 is 6.10 Å². The summed E-state index contributed by atoms with van der Waals surface area (Å²) in [4.78, 5) is 18.7. The fraction of sp³-hybridized carbons (Fsp3) is 0.0800. The number of aromatic nitrogens is 2. The highest BCUT2D eigenvalue weighted by molar-refractivity contribution is 7.20. The van der Waals surface area contributed by atoms with Crippen molar-refractivity contribution in [2.45, 2.75) is 6.10 Å². The molecule has 164 valence electrons. The molecule has 3 aromatic carbocycles. The highest BCUT2D eigenvalue weighted by Gasteiger charge is 2.25. The van der Waals surface area contributed by atoms with Crippen LogP contribution in [0.5, 0.6) is 5.75 Å². The predicted molar refractivity (Wildman–Crippen MR) is 132 cm³/mol. The first kappa shape index (κ1) is 20.7. The summed E-state index contributed by atoms with van der Waals surface area (Å²) < 4.78 is 9.07. The number of imidazole rings is 1. The van der Waals surface area contributed by atoms with Gasteiger partial charge in [0, 0.05) is 22.7 Å². The first-order valence-electron chi connectivity index (χ1n) is 10.3. The van der Waals surface area contributed by atoms with Crippen molar-refractivity contribution in [3.8, 4) is 5.75 Å². The van der Waals surface area contributed by atoms with Crippen LogP contribution in [0.1, 0.15) is 16.5 Å². The second-order valence-corrected chi connectivity index (χ2v) is 8.66. The van der Waals surface area contributed by atoms with Crippen molar-refractivity contribution in [1.82, 2.24) is 9.55 Å². The summed E-state index contributed by atoms with van der Waals surface area (Å²) in [5.41, 5.74) is 8.11. The van der Waals surface area contributed by atoms with Gasteiger partial charge in [-0.25, -0.2) is 4.98 Å². The third-order valence-corrected chi connectivity index (χ3v) is 6.53. The molecule has 0 saturated heterocycles. The Bertz CT molecular complexity index is 1490. The third-order valence-electron chi connectivity index (χ3n) is 5.39. The van der Waals surface area contributed by atoms with Crippen molar-refractivity contribution in [1.29, 1.82) is 5.41 Å². The summed E-state index contributed by atoms with van der Waals surface area (Å²) in [6, 6.07) is 24.5. The summed E-state index contributed by atoms with van der Waals surface area (Å²) >= 11 is 1.41. The van der Waals surface area contributed by atoms with Gasteiger partial charge in [-0.1, -0.05) is 48.5 Å². The molecule has 0 aliphatic carbocycles. The maximum Gasteiger partial charge on any atom is 0.272 e. The lowest BCUT2D eigenvalue weighted by Crippen LogP contribution is -2.27. The fourth-order valence-corrected chi connectivity index (χ4v) is 4.67. The number of para-hydroxylation sites is 2. The van der Waals surface area contributed by atoms with Crippen LogP contribution in [0.25, 0.3) is 21.1 Å². The number of aryl methyl sites for hydroxylation is 1. The molecule has 0 spiro atoms. The quantitative estimate of drug-likeness (QED) is 0.252. The highest BCUT2D eigenvalue weighted by atomic mass is 32.1. The summed E-state index contributed by atoms with van der Waals surface area (Å²) in [6.45, 7) is 0. The van der Waals surface area contributed by atoms with Crippen LogP contribution in [0, 0.1) is 5.41 Å². The minimum absolute atomic E-state index is 0.00125. The highest BCUT2D eigenvalue weighted by Crippen LogP contribution is 2.35. The molecule has 2 heterocycles. The molecule has 0 fully saturated rings. The normalized spacial score (nSPS) is 12.0. The first-order chi connectivity index (χ1) is 16.0. The Balaban J connectivity index is 1.52. The second kappa shape index (κ2) is 8.40. The summed E-state index contributed by atoms with van der Waals surface area (Å²) in [6.07, 6.45) is -0.905. The summed E-state index contributed by atoms with van der Waals surface area (Å²) in [5.74, 6) is 0.656. The molecule has 5 rings (SSSR count). The number of rotatable bonds is 6. The molecule has 0 aliphatic rings. The Kier molecular flexibility index (Phi) is 5.27. The van der Waals surface area contributed by atoms with E-state index in [1.807, 2.05) is 90.5 Å². The molecule has 5 aromatic rings. The number of nitrogens with zero attached hydrogens (tertiary/aromatic N) is 2. The first-order valence-corrected chi connectivity index (χ1v) is 11.1. The molecule has 0 radical (unpaired) electrons. The number of thiophene rings is 1. The monoisotopic (exact) mass is 455 g/mol. The zero-order chi connectivity index (χ0) is 22.9. The zero-order valence-corrected chi connectivity index (χ0v) is 18.6. The molecular weight excluding hydrogens is 434 g/mol.